The van der Waals surface area contributed by atoms with Crippen LogP contribution < -0.4 is 4.31 Å². The second-order valence-electron chi connectivity index (χ2n) is 7.92. The van der Waals surface area contributed by atoms with Crippen molar-refractivity contribution >= 4 is 21.6 Å². The van der Waals surface area contributed by atoms with Gasteiger partial charge < -0.3 is 9.47 Å². The Bertz CT molecular complexity index is 1050. The van der Waals surface area contributed by atoms with E-state index >= 15 is 0 Å². The molecule has 0 bridgehead atoms. The fourth-order valence-electron chi connectivity index (χ4n) is 4.56. The normalized spacial score (nSPS) is 19.4. The zero-order valence-electron chi connectivity index (χ0n) is 16.9. The molecule has 0 saturated carbocycles. The first-order chi connectivity index (χ1) is 13.2. The summed E-state index contributed by atoms with van der Waals surface area (Å²) in [5, 5.41) is 0. The van der Waals surface area contributed by atoms with Gasteiger partial charge in [0.25, 0.3) is 15.9 Å². The Morgan fingerprint density at radius 3 is 2.39 bits per heavy atom. The molecule has 0 spiro atoms. The number of sulfonamides is 1. The standard InChI is InChI=1S/C21H27N3O3S/c1-14-13-17-9-5-6-10-18(17)24(14)28(26,27)20-16(3)22(4)15(2)19(20)21(25)23-11-7-8-12-23/h5-6,9-10,14H,7-8,11-13H2,1-4H3/t14-/m1/s1. The third kappa shape index (κ3) is 2.67. The molecule has 1 amide bonds. The van der Waals surface area contributed by atoms with Gasteiger partial charge in [-0.2, -0.15) is 0 Å². The van der Waals surface area contributed by atoms with Crippen LogP contribution in [0.15, 0.2) is 29.2 Å². The first-order valence-electron chi connectivity index (χ1n) is 9.82. The number of nitrogens with zero attached hydrogens (tertiary/aromatic N) is 3. The topological polar surface area (TPSA) is 62.6 Å². The van der Waals surface area contributed by atoms with Crippen LogP contribution in [0.3, 0.4) is 0 Å². The summed E-state index contributed by atoms with van der Waals surface area (Å²) in [7, 11) is -2.05. The van der Waals surface area contributed by atoms with E-state index < -0.39 is 10.0 Å². The molecular formula is C21H27N3O3S. The zero-order valence-corrected chi connectivity index (χ0v) is 17.7. The molecule has 1 fully saturated rings. The van der Waals surface area contributed by atoms with Gasteiger partial charge in [-0.15, -0.1) is 0 Å². The summed E-state index contributed by atoms with van der Waals surface area (Å²) in [5.41, 5.74) is 3.38. The van der Waals surface area contributed by atoms with Crippen molar-refractivity contribution in [1.29, 1.82) is 0 Å². The molecule has 0 N–H and O–H groups in total. The van der Waals surface area contributed by atoms with E-state index in [0.29, 0.717) is 36.5 Å². The predicted octanol–water partition coefficient (Wildman–Crippen LogP) is 3.02. The first-order valence-corrected chi connectivity index (χ1v) is 11.3. The number of rotatable bonds is 3. The number of carbonyl (C=O) groups excluding carboxylic acids is 1. The molecular weight excluding hydrogens is 374 g/mol. The van der Waals surface area contributed by atoms with Crippen LogP contribution >= 0.6 is 0 Å². The van der Waals surface area contributed by atoms with E-state index in [-0.39, 0.29) is 16.8 Å². The Labute approximate surface area is 166 Å². The van der Waals surface area contributed by atoms with Gasteiger partial charge in [0.2, 0.25) is 0 Å². The highest BCUT2D eigenvalue weighted by Gasteiger charge is 2.41. The third-order valence-electron chi connectivity index (χ3n) is 6.19. The molecule has 150 valence electrons. The molecule has 0 unspecified atom stereocenters. The van der Waals surface area contributed by atoms with E-state index in [1.54, 1.807) is 11.8 Å². The van der Waals surface area contributed by atoms with Gasteiger partial charge in [-0.3, -0.25) is 9.10 Å². The zero-order chi connectivity index (χ0) is 20.2. The average Bonchev–Trinajstić information content (AvgIpc) is 3.34. The van der Waals surface area contributed by atoms with Crippen molar-refractivity contribution < 1.29 is 13.2 Å². The summed E-state index contributed by atoms with van der Waals surface area (Å²) in [6.07, 6.45) is 2.61. The molecule has 0 aliphatic carbocycles. The molecule has 3 heterocycles. The van der Waals surface area contributed by atoms with E-state index in [1.165, 1.54) is 4.31 Å². The summed E-state index contributed by atoms with van der Waals surface area (Å²) < 4.78 is 31.1. The third-order valence-corrected chi connectivity index (χ3v) is 8.28. The van der Waals surface area contributed by atoms with Crippen molar-refractivity contribution in [3.8, 4) is 0 Å². The molecule has 2 aromatic rings. The second kappa shape index (κ2) is 6.65. The van der Waals surface area contributed by atoms with Crippen molar-refractivity contribution in [2.75, 3.05) is 17.4 Å². The summed E-state index contributed by atoms with van der Waals surface area (Å²) in [4.78, 5) is 15.2. The van der Waals surface area contributed by atoms with Crippen molar-refractivity contribution in [3.63, 3.8) is 0 Å². The fourth-order valence-corrected chi connectivity index (χ4v) is 6.75. The number of amides is 1. The lowest BCUT2D eigenvalue weighted by Crippen LogP contribution is -2.37. The summed E-state index contributed by atoms with van der Waals surface area (Å²) in [5.74, 6) is -0.169. The van der Waals surface area contributed by atoms with Crippen molar-refractivity contribution in [2.45, 2.75) is 51.0 Å². The van der Waals surface area contributed by atoms with Crippen molar-refractivity contribution in [2.24, 2.45) is 7.05 Å². The predicted molar refractivity (Wildman–Crippen MR) is 109 cm³/mol. The van der Waals surface area contributed by atoms with Crippen LogP contribution in [0, 0.1) is 13.8 Å². The van der Waals surface area contributed by atoms with Gasteiger partial charge in [0.1, 0.15) is 4.90 Å². The van der Waals surface area contributed by atoms with Gasteiger partial charge in [0, 0.05) is 37.6 Å². The molecule has 0 radical (unpaired) electrons. The molecule has 1 aromatic heterocycles. The smallest absolute Gasteiger partial charge is 0.267 e. The SMILES string of the molecule is Cc1c(C(=O)N2CCCC2)c(S(=O)(=O)N2c3ccccc3C[C@H]2C)c(C)n1C. The van der Waals surface area contributed by atoms with Gasteiger partial charge in [-0.1, -0.05) is 18.2 Å². The van der Waals surface area contributed by atoms with Crippen LogP contribution in [0.25, 0.3) is 0 Å². The molecule has 2 aliphatic rings. The summed E-state index contributed by atoms with van der Waals surface area (Å²) in [6.45, 7) is 6.91. The number of fused-ring (bicyclic) bond motifs is 1. The summed E-state index contributed by atoms with van der Waals surface area (Å²) >= 11 is 0. The number of hydrogen-bond acceptors (Lipinski definition) is 3. The Morgan fingerprint density at radius 1 is 1.07 bits per heavy atom. The molecule has 28 heavy (non-hydrogen) atoms. The van der Waals surface area contributed by atoms with E-state index in [4.69, 9.17) is 0 Å². The molecule has 1 saturated heterocycles. The van der Waals surface area contributed by atoms with E-state index in [0.717, 1.165) is 24.1 Å². The van der Waals surface area contributed by atoms with Crippen LogP contribution in [0.2, 0.25) is 0 Å². The Hall–Kier alpha value is -2.28. The minimum absolute atomic E-state index is 0.160. The highest BCUT2D eigenvalue weighted by molar-refractivity contribution is 7.93. The minimum atomic E-state index is -3.87. The first kappa shape index (κ1) is 19.1. The van der Waals surface area contributed by atoms with Crippen molar-refractivity contribution in [3.05, 3.63) is 46.8 Å². The largest absolute Gasteiger partial charge is 0.350 e. The van der Waals surface area contributed by atoms with E-state index in [9.17, 15) is 13.2 Å². The number of hydrogen-bond donors (Lipinski definition) is 0. The summed E-state index contributed by atoms with van der Waals surface area (Å²) in [6, 6.07) is 7.43. The number of anilines is 1. The number of para-hydroxylation sites is 1. The van der Waals surface area contributed by atoms with Crippen LogP contribution in [0.5, 0.6) is 0 Å². The maximum Gasteiger partial charge on any atom is 0.267 e. The maximum atomic E-state index is 13.9. The second-order valence-corrected chi connectivity index (χ2v) is 9.67. The van der Waals surface area contributed by atoms with Gasteiger partial charge in [-0.25, -0.2) is 8.42 Å². The van der Waals surface area contributed by atoms with Gasteiger partial charge in [0.15, 0.2) is 0 Å². The molecule has 4 rings (SSSR count). The highest BCUT2D eigenvalue weighted by atomic mass is 32.2. The molecule has 6 nitrogen and oxygen atoms in total. The van der Waals surface area contributed by atoms with E-state index in [2.05, 4.69) is 0 Å². The van der Waals surface area contributed by atoms with Gasteiger partial charge in [-0.05, 0) is 51.7 Å². The maximum absolute atomic E-state index is 13.9. The molecule has 1 atom stereocenters. The minimum Gasteiger partial charge on any atom is -0.350 e. The van der Waals surface area contributed by atoms with Crippen LogP contribution in [-0.2, 0) is 23.5 Å². The Morgan fingerprint density at radius 2 is 1.71 bits per heavy atom. The van der Waals surface area contributed by atoms with Crippen LogP contribution in [0.4, 0.5) is 5.69 Å². The van der Waals surface area contributed by atoms with Crippen LogP contribution in [-0.4, -0.2) is 42.9 Å². The van der Waals surface area contributed by atoms with Gasteiger partial charge >= 0.3 is 0 Å². The number of carbonyl (C=O) groups is 1. The Kier molecular flexibility index (Phi) is 4.53. The quantitative estimate of drug-likeness (QED) is 0.794. The number of benzene rings is 1. The highest BCUT2D eigenvalue weighted by Crippen LogP contribution is 2.39. The average molecular weight is 402 g/mol. The molecule has 1 aromatic carbocycles. The molecule has 2 aliphatic heterocycles. The van der Waals surface area contributed by atoms with E-state index in [1.807, 2.05) is 49.7 Å². The lowest BCUT2D eigenvalue weighted by molar-refractivity contribution is 0.0788. The monoisotopic (exact) mass is 401 g/mol. The van der Waals surface area contributed by atoms with Crippen molar-refractivity contribution in [1.82, 2.24) is 9.47 Å². The lowest BCUT2D eigenvalue weighted by atomic mass is 10.1. The van der Waals surface area contributed by atoms with Crippen LogP contribution in [0.1, 0.15) is 47.1 Å². The number of aromatic nitrogens is 1. The lowest BCUT2D eigenvalue weighted by Gasteiger charge is -2.25. The fraction of sp³-hybridized carbons (Fsp3) is 0.476. The molecule has 7 heteroatoms. The Balaban J connectivity index is 1.89. The number of likely N-dealkylation sites (tertiary alicyclic amines) is 1. The van der Waals surface area contributed by atoms with Gasteiger partial charge in [0.05, 0.1) is 11.3 Å².